The first-order valence-electron chi connectivity index (χ1n) is 13.2. The second kappa shape index (κ2) is 14.9. The zero-order valence-electron chi connectivity index (χ0n) is 23.3. The normalized spacial score (nSPS) is 14.2. The van der Waals surface area contributed by atoms with E-state index >= 15 is 0 Å². The van der Waals surface area contributed by atoms with Gasteiger partial charge in [0.2, 0.25) is 17.7 Å². The number of rotatable bonds is 14. The van der Waals surface area contributed by atoms with Crippen molar-refractivity contribution >= 4 is 23.7 Å². The topological polar surface area (TPSA) is 191 Å². The fourth-order valence-corrected chi connectivity index (χ4v) is 4.08. The van der Waals surface area contributed by atoms with Crippen LogP contribution in [0.2, 0.25) is 0 Å². The van der Waals surface area contributed by atoms with Crippen LogP contribution in [0.5, 0.6) is 11.5 Å². The summed E-state index contributed by atoms with van der Waals surface area (Å²) in [6.45, 7) is 7.19. The molecule has 218 valence electrons. The number of phenolic OH excluding ortho intramolecular Hbond substituents is 2. The SMILES string of the molecule is CC(C)C[C@H](NC(=O)[C@@H](N)Cc1ccc(O)cc1)C(=O)N[C@H](C(=O)N[C@@H](Cc1ccc(O)cc1)C(=O)O)C(C)C. The molecule has 0 aliphatic carbocycles. The molecule has 0 spiro atoms. The number of benzene rings is 2. The molecule has 0 aliphatic heterocycles. The van der Waals surface area contributed by atoms with Gasteiger partial charge in [0.25, 0.3) is 0 Å². The van der Waals surface area contributed by atoms with Crippen LogP contribution < -0.4 is 21.7 Å². The molecular weight excluding hydrogens is 516 g/mol. The second-order valence-electron chi connectivity index (χ2n) is 10.7. The minimum atomic E-state index is -1.26. The van der Waals surface area contributed by atoms with Crippen molar-refractivity contribution in [2.75, 3.05) is 0 Å². The zero-order valence-corrected chi connectivity index (χ0v) is 23.3. The van der Waals surface area contributed by atoms with E-state index in [4.69, 9.17) is 5.73 Å². The van der Waals surface area contributed by atoms with Gasteiger partial charge in [-0.3, -0.25) is 14.4 Å². The van der Waals surface area contributed by atoms with Crippen LogP contribution in [0.3, 0.4) is 0 Å². The Balaban J connectivity index is 2.10. The molecule has 0 bridgehead atoms. The van der Waals surface area contributed by atoms with Gasteiger partial charge in [0.05, 0.1) is 6.04 Å². The van der Waals surface area contributed by atoms with E-state index in [-0.39, 0.29) is 42.6 Å². The molecule has 11 nitrogen and oxygen atoms in total. The van der Waals surface area contributed by atoms with Gasteiger partial charge in [0.1, 0.15) is 29.6 Å². The number of carboxylic acids is 1. The van der Waals surface area contributed by atoms with Crippen molar-refractivity contribution in [3.05, 3.63) is 59.7 Å². The number of carbonyl (C=O) groups is 4. The molecule has 0 saturated carbocycles. The molecule has 0 saturated heterocycles. The average Bonchev–Trinajstić information content (AvgIpc) is 2.88. The predicted molar refractivity (Wildman–Crippen MR) is 149 cm³/mol. The van der Waals surface area contributed by atoms with Crippen molar-refractivity contribution in [3.63, 3.8) is 0 Å². The van der Waals surface area contributed by atoms with Gasteiger partial charge in [-0.2, -0.15) is 0 Å². The number of aromatic hydroxyl groups is 2. The molecular formula is C29H40N4O7. The number of nitrogens with two attached hydrogens (primary N) is 1. The van der Waals surface area contributed by atoms with Crippen molar-refractivity contribution in [2.24, 2.45) is 17.6 Å². The molecule has 40 heavy (non-hydrogen) atoms. The molecule has 0 aromatic heterocycles. The van der Waals surface area contributed by atoms with Gasteiger partial charge in [0.15, 0.2) is 0 Å². The number of nitrogens with one attached hydrogen (secondary N) is 3. The van der Waals surface area contributed by atoms with Crippen LogP contribution in [-0.2, 0) is 32.0 Å². The van der Waals surface area contributed by atoms with E-state index in [1.165, 1.54) is 24.3 Å². The highest BCUT2D eigenvalue weighted by Crippen LogP contribution is 2.14. The van der Waals surface area contributed by atoms with Crippen LogP contribution in [0, 0.1) is 11.8 Å². The highest BCUT2D eigenvalue weighted by atomic mass is 16.4. The molecule has 3 amide bonds. The van der Waals surface area contributed by atoms with Crippen LogP contribution in [0.25, 0.3) is 0 Å². The number of hydrogen-bond acceptors (Lipinski definition) is 7. The summed E-state index contributed by atoms with van der Waals surface area (Å²) >= 11 is 0. The number of phenols is 2. The smallest absolute Gasteiger partial charge is 0.326 e. The van der Waals surface area contributed by atoms with Crippen LogP contribution >= 0.6 is 0 Å². The molecule has 0 fully saturated rings. The molecule has 0 aliphatic rings. The Bertz CT molecular complexity index is 1150. The summed E-state index contributed by atoms with van der Waals surface area (Å²) in [6, 6.07) is 8.00. The Kier molecular flexibility index (Phi) is 11.9. The van der Waals surface area contributed by atoms with E-state index < -0.39 is 47.9 Å². The fourth-order valence-electron chi connectivity index (χ4n) is 4.08. The standard InChI is InChI=1S/C29H40N4O7/c1-16(2)13-23(31-26(36)22(30)14-18-5-9-20(34)10-6-18)27(37)33-25(17(3)4)28(38)32-24(29(39)40)15-19-7-11-21(35)12-8-19/h5-12,16-17,22-25,34-35H,13-15,30H2,1-4H3,(H,31,36)(H,32,38)(H,33,37)(H,39,40)/t22-,23-,24-,25-/m0/s1. The van der Waals surface area contributed by atoms with Crippen molar-refractivity contribution < 1.29 is 34.5 Å². The van der Waals surface area contributed by atoms with E-state index in [0.717, 1.165) is 5.56 Å². The molecule has 8 N–H and O–H groups in total. The van der Waals surface area contributed by atoms with Gasteiger partial charge in [0, 0.05) is 6.42 Å². The molecule has 0 unspecified atom stereocenters. The average molecular weight is 557 g/mol. The van der Waals surface area contributed by atoms with E-state index in [1.54, 1.807) is 38.1 Å². The third-order valence-corrected chi connectivity index (χ3v) is 6.31. The lowest BCUT2D eigenvalue weighted by Gasteiger charge is -2.27. The number of carbonyl (C=O) groups excluding carboxylic acids is 3. The maximum atomic E-state index is 13.3. The summed E-state index contributed by atoms with van der Waals surface area (Å²) < 4.78 is 0. The van der Waals surface area contributed by atoms with Gasteiger partial charge < -0.3 is 37.0 Å². The van der Waals surface area contributed by atoms with Gasteiger partial charge in [-0.25, -0.2) is 4.79 Å². The summed E-state index contributed by atoms with van der Waals surface area (Å²) in [7, 11) is 0. The first-order chi connectivity index (χ1) is 18.8. The first-order valence-corrected chi connectivity index (χ1v) is 13.2. The molecule has 11 heteroatoms. The van der Waals surface area contributed by atoms with E-state index in [2.05, 4.69) is 16.0 Å². The maximum Gasteiger partial charge on any atom is 0.326 e. The van der Waals surface area contributed by atoms with Crippen LogP contribution in [-0.4, -0.2) is 63.2 Å². The number of carboxylic acid groups (broad SMARTS) is 1. The summed E-state index contributed by atoms with van der Waals surface area (Å²) in [5.41, 5.74) is 7.41. The van der Waals surface area contributed by atoms with Crippen LogP contribution in [0.1, 0.15) is 45.2 Å². The molecule has 2 rings (SSSR count). The minimum Gasteiger partial charge on any atom is -0.508 e. The Morgan fingerprint density at radius 2 is 1.18 bits per heavy atom. The maximum absolute atomic E-state index is 13.3. The van der Waals surface area contributed by atoms with E-state index in [9.17, 15) is 34.5 Å². The third kappa shape index (κ3) is 10.2. The summed E-state index contributed by atoms with van der Waals surface area (Å²) in [6.07, 6.45) is 0.455. The molecule has 0 radical (unpaired) electrons. The Labute approximate surface area is 234 Å². The lowest BCUT2D eigenvalue weighted by atomic mass is 9.98. The number of aliphatic carboxylic acids is 1. The fraction of sp³-hybridized carbons (Fsp3) is 0.448. The molecule has 2 aromatic rings. The minimum absolute atomic E-state index is 0.0228. The van der Waals surface area contributed by atoms with Crippen molar-refractivity contribution in [2.45, 2.75) is 71.1 Å². The largest absolute Gasteiger partial charge is 0.508 e. The van der Waals surface area contributed by atoms with Gasteiger partial charge in [-0.05, 0) is 60.1 Å². The highest BCUT2D eigenvalue weighted by Gasteiger charge is 2.32. The Morgan fingerprint density at radius 3 is 1.62 bits per heavy atom. The first kappa shape index (κ1) is 32.1. The third-order valence-electron chi connectivity index (χ3n) is 6.31. The van der Waals surface area contributed by atoms with Crippen LogP contribution in [0.4, 0.5) is 0 Å². The second-order valence-corrected chi connectivity index (χ2v) is 10.7. The van der Waals surface area contributed by atoms with Gasteiger partial charge in [-0.15, -0.1) is 0 Å². The summed E-state index contributed by atoms with van der Waals surface area (Å²) in [5, 5.41) is 36.4. The Morgan fingerprint density at radius 1 is 0.700 bits per heavy atom. The lowest BCUT2D eigenvalue weighted by Crippen LogP contribution is -2.59. The number of amides is 3. The van der Waals surface area contributed by atoms with E-state index in [1.807, 2.05) is 13.8 Å². The predicted octanol–water partition coefficient (Wildman–Crippen LogP) is 1.45. The van der Waals surface area contributed by atoms with Gasteiger partial charge >= 0.3 is 5.97 Å². The highest BCUT2D eigenvalue weighted by molar-refractivity contribution is 5.94. The van der Waals surface area contributed by atoms with Crippen molar-refractivity contribution in [3.8, 4) is 11.5 Å². The lowest BCUT2D eigenvalue weighted by molar-refractivity contribution is -0.142. The Hall–Kier alpha value is -4.12. The summed E-state index contributed by atoms with van der Waals surface area (Å²) in [4.78, 5) is 51.1. The van der Waals surface area contributed by atoms with Crippen molar-refractivity contribution in [1.82, 2.24) is 16.0 Å². The van der Waals surface area contributed by atoms with Crippen LogP contribution in [0.15, 0.2) is 48.5 Å². The summed E-state index contributed by atoms with van der Waals surface area (Å²) in [5.74, 6) is -3.29. The molecule has 0 heterocycles. The quantitative estimate of drug-likeness (QED) is 0.182. The zero-order chi connectivity index (χ0) is 30.0. The molecule has 4 atom stereocenters. The molecule has 2 aromatic carbocycles. The number of hydrogen-bond donors (Lipinski definition) is 7. The van der Waals surface area contributed by atoms with Crippen molar-refractivity contribution in [1.29, 1.82) is 0 Å². The van der Waals surface area contributed by atoms with Gasteiger partial charge in [-0.1, -0.05) is 52.0 Å². The van der Waals surface area contributed by atoms with E-state index in [0.29, 0.717) is 5.56 Å². The monoisotopic (exact) mass is 556 g/mol.